The number of hydrogen-bond donors (Lipinski definition) is 4. The summed E-state index contributed by atoms with van der Waals surface area (Å²) in [6, 6.07) is 4.71. The third kappa shape index (κ3) is 4.41. The van der Waals surface area contributed by atoms with Crippen LogP contribution in [0.3, 0.4) is 0 Å². The smallest absolute Gasteiger partial charge is 0.347 e. The molecular weight excluding hydrogens is 271 g/mol. The van der Waals surface area contributed by atoms with Gasteiger partial charge in [0.1, 0.15) is 5.82 Å². The Kier molecular flexibility index (Phi) is 4.23. The van der Waals surface area contributed by atoms with Crippen molar-refractivity contribution in [2.45, 2.75) is 4.99 Å². The third-order valence-electron chi connectivity index (χ3n) is 1.84. The van der Waals surface area contributed by atoms with Gasteiger partial charge in [0.2, 0.25) is 4.99 Å². The van der Waals surface area contributed by atoms with Crippen molar-refractivity contribution in [3.05, 3.63) is 24.4 Å². The van der Waals surface area contributed by atoms with E-state index < -0.39 is 29.2 Å². The number of pyridine rings is 1. The van der Waals surface area contributed by atoms with Crippen LogP contribution in [0.15, 0.2) is 24.4 Å². The van der Waals surface area contributed by atoms with Crippen LogP contribution < -0.4 is 5.32 Å². The maximum atomic E-state index is 10.9. The van der Waals surface area contributed by atoms with Crippen LogP contribution in [0.5, 0.6) is 0 Å². The number of hydrogen-bond acceptors (Lipinski definition) is 5. The number of aromatic nitrogens is 1. The summed E-state index contributed by atoms with van der Waals surface area (Å²) in [7, 11) is -9.81. The first kappa shape index (κ1) is 14.1. The molecule has 0 spiro atoms. The average Bonchev–Trinajstić information content (AvgIpc) is 2.15. The minimum atomic E-state index is -4.96. The van der Waals surface area contributed by atoms with Gasteiger partial charge in [-0.25, -0.2) is 4.98 Å². The molecule has 0 aliphatic rings. The summed E-state index contributed by atoms with van der Waals surface area (Å²) < 4.78 is 41.2. The molecule has 4 N–H and O–H groups in total. The van der Waals surface area contributed by atoms with Crippen LogP contribution in [-0.2, 0) is 14.7 Å². The van der Waals surface area contributed by atoms with Crippen LogP contribution >= 0.6 is 7.60 Å². The molecule has 1 heterocycles. The van der Waals surface area contributed by atoms with Crippen molar-refractivity contribution in [1.29, 1.82) is 0 Å². The summed E-state index contributed by atoms with van der Waals surface area (Å²) >= 11 is 0. The summed E-state index contributed by atoms with van der Waals surface area (Å²) in [5.74, 6) is 0.245. The largest absolute Gasteiger partial charge is 0.368 e. The van der Waals surface area contributed by atoms with Gasteiger partial charge in [-0.15, -0.1) is 0 Å². The Morgan fingerprint density at radius 2 is 2.06 bits per heavy atom. The Morgan fingerprint density at radius 3 is 2.47 bits per heavy atom. The summed E-state index contributed by atoms with van der Waals surface area (Å²) in [6.07, 6.45) is 1.42. The van der Waals surface area contributed by atoms with Gasteiger partial charge in [-0.2, -0.15) is 8.42 Å². The normalized spacial score (nSPS) is 14.3. The number of anilines is 1. The SMILES string of the molecule is O=P(O)(O)C(CNc1ccccn1)S(=O)(=O)O. The van der Waals surface area contributed by atoms with E-state index in [9.17, 15) is 13.0 Å². The predicted octanol–water partition coefficient (Wildman–Crippen LogP) is -0.115. The highest BCUT2D eigenvalue weighted by Gasteiger charge is 2.39. The van der Waals surface area contributed by atoms with Gasteiger partial charge in [-0.3, -0.25) is 9.12 Å². The molecule has 0 amide bonds. The second-order valence-corrected chi connectivity index (χ2v) is 6.90. The molecule has 17 heavy (non-hydrogen) atoms. The lowest BCUT2D eigenvalue weighted by atomic mass is 10.4. The molecule has 0 aliphatic heterocycles. The van der Waals surface area contributed by atoms with E-state index in [-0.39, 0.29) is 5.82 Å². The average molecular weight is 282 g/mol. The summed E-state index contributed by atoms with van der Waals surface area (Å²) in [4.78, 5) is 19.2. The molecule has 1 atom stereocenters. The Hall–Kier alpha value is -0.990. The minimum Gasteiger partial charge on any atom is -0.368 e. The van der Waals surface area contributed by atoms with Gasteiger partial charge >= 0.3 is 7.60 Å². The van der Waals surface area contributed by atoms with E-state index in [1.54, 1.807) is 12.1 Å². The fourth-order valence-corrected chi connectivity index (χ4v) is 3.07. The lowest BCUT2D eigenvalue weighted by Gasteiger charge is -2.16. The van der Waals surface area contributed by atoms with Crippen LogP contribution in [0.1, 0.15) is 0 Å². The summed E-state index contributed by atoms with van der Waals surface area (Å²) in [5.41, 5.74) is 0. The van der Waals surface area contributed by atoms with Crippen LogP contribution in [0.25, 0.3) is 0 Å². The molecule has 0 aliphatic carbocycles. The van der Waals surface area contributed by atoms with Crippen LogP contribution in [0, 0.1) is 0 Å². The maximum absolute atomic E-state index is 10.9. The Labute approximate surface area is 97.6 Å². The molecule has 0 saturated heterocycles. The highest BCUT2D eigenvalue weighted by Crippen LogP contribution is 2.43. The second-order valence-electron chi connectivity index (χ2n) is 3.15. The van der Waals surface area contributed by atoms with E-state index in [1.807, 2.05) is 0 Å². The Bertz CT molecular complexity index is 512. The zero-order valence-corrected chi connectivity index (χ0v) is 10.2. The molecule has 1 aromatic heterocycles. The van der Waals surface area contributed by atoms with Gasteiger partial charge in [0.15, 0.2) is 0 Å². The van der Waals surface area contributed by atoms with Crippen molar-refractivity contribution in [2.24, 2.45) is 0 Å². The lowest BCUT2D eigenvalue weighted by molar-refractivity contribution is 0.365. The van der Waals surface area contributed by atoms with Crippen LogP contribution in [-0.4, -0.2) is 39.3 Å². The van der Waals surface area contributed by atoms with Gasteiger partial charge in [0.25, 0.3) is 10.1 Å². The van der Waals surface area contributed by atoms with Crippen molar-refractivity contribution in [1.82, 2.24) is 4.98 Å². The fourth-order valence-electron chi connectivity index (χ4n) is 1.06. The maximum Gasteiger partial charge on any atom is 0.347 e. The topological polar surface area (TPSA) is 137 Å². The molecule has 1 unspecified atom stereocenters. The standard InChI is InChI=1S/C7H11N2O6PS/c10-16(11,12)7(17(13,14)15)5-9-6-3-1-2-4-8-6/h1-4,7H,5H2,(H,8,9)(H2,10,11,12)(H,13,14,15). The lowest BCUT2D eigenvalue weighted by Crippen LogP contribution is -2.28. The molecule has 0 fully saturated rings. The molecule has 1 aromatic rings. The van der Waals surface area contributed by atoms with E-state index in [0.29, 0.717) is 0 Å². The van der Waals surface area contributed by atoms with Crippen molar-refractivity contribution in [3.63, 3.8) is 0 Å². The van der Waals surface area contributed by atoms with E-state index in [2.05, 4.69) is 10.3 Å². The van der Waals surface area contributed by atoms with Gasteiger partial charge in [0, 0.05) is 12.7 Å². The number of rotatable bonds is 5. The minimum absolute atomic E-state index is 0.245. The van der Waals surface area contributed by atoms with E-state index in [0.717, 1.165) is 0 Å². The molecule has 1 rings (SSSR count). The van der Waals surface area contributed by atoms with Gasteiger partial charge < -0.3 is 15.1 Å². The summed E-state index contributed by atoms with van der Waals surface area (Å²) in [6.45, 7) is -0.639. The van der Waals surface area contributed by atoms with E-state index >= 15 is 0 Å². The van der Waals surface area contributed by atoms with E-state index in [4.69, 9.17) is 14.3 Å². The second kappa shape index (κ2) is 5.11. The fraction of sp³-hybridized carbons (Fsp3) is 0.286. The first-order valence-corrected chi connectivity index (χ1v) is 7.56. The monoisotopic (exact) mass is 282 g/mol. The third-order valence-corrected chi connectivity index (χ3v) is 5.25. The highest BCUT2D eigenvalue weighted by molar-refractivity contribution is 7.93. The highest BCUT2D eigenvalue weighted by atomic mass is 32.2. The zero-order chi connectivity index (χ0) is 13.1. The Morgan fingerprint density at radius 1 is 1.41 bits per heavy atom. The van der Waals surface area contributed by atoms with E-state index in [1.165, 1.54) is 12.3 Å². The predicted molar refractivity (Wildman–Crippen MR) is 60.1 cm³/mol. The molecule has 0 saturated carbocycles. The van der Waals surface area contributed by atoms with Crippen molar-refractivity contribution < 1.29 is 27.3 Å². The first-order valence-electron chi connectivity index (χ1n) is 4.37. The molecule has 8 nitrogen and oxygen atoms in total. The molecular formula is C7H11N2O6PS. The number of nitrogens with zero attached hydrogens (tertiary/aromatic N) is 1. The van der Waals surface area contributed by atoms with Crippen molar-refractivity contribution >= 4 is 23.5 Å². The molecule has 0 radical (unpaired) electrons. The quantitative estimate of drug-likeness (QED) is 0.433. The summed E-state index contributed by atoms with van der Waals surface area (Å²) in [5, 5.41) is 2.42. The van der Waals surface area contributed by atoms with Crippen molar-refractivity contribution in [3.8, 4) is 0 Å². The Balaban J connectivity index is 2.80. The van der Waals surface area contributed by atoms with Gasteiger partial charge in [-0.1, -0.05) is 6.07 Å². The molecule has 0 bridgehead atoms. The van der Waals surface area contributed by atoms with Gasteiger partial charge in [-0.05, 0) is 12.1 Å². The molecule has 10 heteroatoms. The number of nitrogens with one attached hydrogen (secondary N) is 1. The molecule has 0 aromatic carbocycles. The van der Waals surface area contributed by atoms with Crippen molar-refractivity contribution in [2.75, 3.05) is 11.9 Å². The molecule has 96 valence electrons. The van der Waals surface area contributed by atoms with Crippen LogP contribution in [0.4, 0.5) is 5.82 Å². The van der Waals surface area contributed by atoms with Gasteiger partial charge in [0.05, 0.1) is 0 Å². The zero-order valence-electron chi connectivity index (χ0n) is 8.46. The first-order chi connectivity index (χ1) is 7.71. The van der Waals surface area contributed by atoms with Crippen LogP contribution in [0.2, 0.25) is 0 Å².